The molecule has 3 aliphatic rings. The fourth-order valence-electron chi connectivity index (χ4n) is 9.26. The molecule has 6 aromatic rings. The topological polar surface area (TPSA) is 151 Å². The number of hydrogen-bond donors (Lipinski definition) is 4. The van der Waals surface area contributed by atoms with E-state index in [1.165, 1.54) is 21.4 Å². The number of aromatic amines is 2. The van der Waals surface area contributed by atoms with Crippen LogP contribution in [0.2, 0.25) is 0 Å². The standard InChI is InChI=1S/C45H50N8O4S2/c1-27(2)37(50-45(56)57)43(54)52-21-9-13-35(52)42-47-24-34(49-42)32-26-59-39-31(25-58-40(32)39)28-15-17-29(18-16-28)33-23-46-41(48-33)36-14-10-22-53(36)44(55)38(30-11-5-3-6-12-30)51-19-7-4-8-20-51/h3,5-6,11-12,15-18,23-27,35-38,50H,4,7-10,13-14,19-22H2,1-2H3,(H,46,48)(H,47,49)(H,56,57)/t35?,36?,37-,38?/m0/s1. The molecule has 2 aromatic carbocycles. The van der Waals surface area contributed by atoms with Crippen LogP contribution in [0, 0.1) is 5.92 Å². The van der Waals surface area contributed by atoms with Gasteiger partial charge in [0.2, 0.25) is 11.8 Å². The van der Waals surface area contributed by atoms with Gasteiger partial charge in [-0.25, -0.2) is 14.8 Å². The Balaban J connectivity index is 0.899. The fourth-order valence-corrected chi connectivity index (χ4v) is 11.7. The summed E-state index contributed by atoms with van der Waals surface area (Å²) in [5, 5.41) is 16.1. The number of nitrogens with zero attached hydrogens (tertiary/aromatic N) is 5. The van der Waals surface area contributed by atoms with Gasteiger partial charge in [-0.1, -0.05) is 74.9 Å². The van der Waals surface area contributed by atoms with Crippen LogP contribution >= 0.6 is 22.7 Å². The average molecular weight is 831 g/mol. The monoisotopic (exact) mass is 830 g/mol. The molecular weight excluding hydrogens is 781 g/mol. The molecule has 3 aliphatic heterocycles. The molecule has 9 rings (SSSR count). The van der Waals surface area contributed by atoms with Crippen molar-refractivity contribution in [1.82, 2.24) is 40.0 Å². The summed E-state index contributed by atoms with van der Waals surface area (Å²) in [6.45, 7) is 6.89. The number of imidazole rings is 2. The Morgan fingerprint density at radius 2 is 1.29 bits per heavy atom. The van der Waals surface area contributed by atoms with Gasteiger partial charge in [-0.2, -0.15) is 0 Å². The number of nitrogens with one attached hydrogen (secondary N) is 3. The normalized spacial score (nSPS) is 19.8. The van der Waals surface area contributed by atoms with Crippen LogP contribution in [-0.4, -0.2) is 89.9 Å². The molecule has 3 unspecified atom stereocenters. The first kappa shape index (κ1) is 39.2. The molecule has 0 bridgehead atoms. The van der Waals surface area contributed by atoms with Crippen molar-refractivity contribution in [2.24, 2.45) is 5.92 Å². The van der Waals surface area contributed by atoms with Gasteiger partial charge in [0, 0.05) is 35.0 Å². The van der Waals surface area contributed by atoms with E-state index in [4.69, 9.17) is 9.97 Å². The lowest BCUT2D eigenvalue weighted by Gasteiger charge is -2.37. The van der Waals surface area contributed by atoms with Crippen molar-refractivity contribution in [2.75, 3.05) is 26.2 Å². The number of benzene rings is 2. The van der Waals surface area contributed by atoms with Crippen molar-refractivity contribution in [3.8, 4) is 33.6 Å². The predicted molar refractivity (Wildman–Crippen MR) is 232 cm³/mol. The summed E-state index contributed by atoms with van der Waals surface area (Å²) in [6, 6.07) is 17.5. The van der Waals surface area contributed by atoms with Gasteiger partial charge in [0.05, 0.1) is 45.3 Å². The van der Waals surface area contributed by atoms with Crippen LogP contribution < -0.4 is 5.32 Å². The third kappa shape index (κ3) is 7.69. The van der Waals surface area contributed by atoms with Crippen LogP contribution in [0.15, 0.2) is 77.8 Å². The Morgan fingerprint density at radius 3 is 1.93 bits per heavy atom. The van der Waals surface area contributed by atoms with Crippen molar-refractivity contribution in [3.05, 3.63) is 95.0 Å². The van der Waals surface area contributed by atoms with Crippen molar-refractivity contribution in [3.63, 3.8) is 0 Å². The minimum atomic E-state index is -1.20. The Morgan fingerprint density at radius 1 is 0.712 bits per heavy atom. The van der Waals surface area contributed by atoms with E-state index in [9.17, 15) is 19.5 Å². The average Bonchev–Trinajstić information content (AvgIpc) is 4.10. The third-order valence-electron chi connectivity index (χ3n) is 12.3. The smallest absolute Gasteiger partial charge is 0.405 e. The van der Waals surface area contributed by atoms with Crippen LogP contribution in [0.3, 0.4) is 0 Å². The highest BCUT2D eigenvalue weighted by Crippen LogP contribution is 2.45. The molecule has 3 fully saturated rings. The zero-order valence-electron chi connectivity index (χ0n) is 33.4. The SMILES string of the molecule is CC(C)[C@H](NC(=O)O)C(=O)N1CCCC1c1ncc(-c2csc3c(-c4ccc(-c5cnc(C6CCCN6C(=O)C(c6ccccc6)N6CCCCC6)[nH]5)cc4)csc23)[nH]1. The molecule has 306 valence electrons. The molecule has 4 N–H and O–H groups in total. The van der Waals surface area contributed by atoms with Crippen molar-refractivity contribution < 1.29 is 19.5 Å². The van der Waals surface area contributed by atoms with Crippen LogP contribution in [0.1, 0.15) is 94.1 Å². The second-order valence-corrected chi connectivity index (χ2v) is 18.1. The number of rotatable bonds is 11. The van der Waals surface area contributed by atoms with Gasteiger partial charge in [-0.3, -0.25) is 14.5 Å². The number of hydrogen-bond acceptors (Lipinski definition) is 8. The number of fused-ring (bicyclic) bond motifs is 1. The number of carbonyl (C=O) groups is 3. The van der Waals surface area contributed by atoms with Crippen molar-refractivity contribution >= 4 is 50.0 Å². The van der Waals surface area contributed by atoms with E-state index in [1.54, 1.807) is 27.6 Å². The van der Waals surface area contributed by atoms with Gasteiger partial charge < -0.3 is 30.2 Å². The molecule has 12 nitrogen and oxygen atoms in total. The van der Waals surface area contributed by atoms with Crippen LogP contribution in [0.4, 0.5) is 4.79 Å². The maximum Gasteiger partial charge on any atom is 0.405 e. The van der Waals surface area contributed by atoms with E-state index in [0.717, 1.165) is 103 Å². The zero-order valence-corrected chi connectivity index (χ0v) is 35.0. The van der Waals surface area contributed by atoms with E-state index in [0.29, 0.717) is 6.54 Å². The molecule has 0 radical (unpaired) electrons. The van der Waals surface area contributed by atoms with Gasteiger partial charge in [0.25, 0.3) is 0 Å². The number of amides is 3. The highest BCUT2D eigenvalue weighted by Gasteiger charge is 2.40. The molecule has 3 saturated heterocycles. The first-order chi connectivity index (χ1) is 28.7. The van der Waals surface area contributed by atoms with E-state index in [1.807, 2.05) is 44.4 Å². The summed E-state index contributed by atoms with van der Waals surface area (Å²) in [4.78, 5) is 62.2. The molecule has 0 spiro atoms. The van der Waals surface area contributed by atoms with Gasteiger partial charge in [-0.05, 0) is 74.2 Å². The molecule has 3 amide bonds. The number of piperidine rings is 1. The molecule has 14 heteroatoms. The van der Waals surface area contributed by atoms with Crippen molar-refractivity contribution in [1.29, 1.82) is 0 Å². The summed E-state index contributed by atoms with van der Waals surface area (Å²) in [7, 11) is 0. The highest BCUT2D eigenvalue weighted by molar-refractivity contribution is 7.27. The molecule has 59 heavy (non-hydrogen) atoms. The molecule has 4 aromatic heterocycles. The Bertz CT molecular complexity index is 2430. The number of aromatic nitrogens is 4. The summed E-state index contributed by atoms with van der Waals surface area (Å²) in [5.41, 5.74) is 7.33. The largest absolute Gasteiger partial charge is 0.465 e. The first-order valence-electron chi connectivity index (χ1n) is 20.8. The second-order valence-electron chi connectivity index (χ2n) is 16.4. The summed E-state index contributed by atoms with van der Waals surface area (Å²) in [5.74, 6) is 1.35. The quantitative estimate of drug-likeness (QED) is 0.102. The van der Waals surface area contributed by atoms with Crippen LogP contribution in [0.5, 0.6) is 0 Å². The molecule has 0 saturated carbocycles. The Kier molecular flexibility index (Phi) is 11.1. The lowest BCUT2D eigenvalue weighted by atomic mass is 10.00. The van der Waals surface area contributed by atoms with E-state index in [2.05, 4.69) is 72.2 Å². The van der Waals surface area contributed by atoms with Gasteiger partial charge in [0.15, 0.2) is 0 Å². The number of thiophene rings is 2. The molecular formula is C45H50N8O4S2. The summed E-state index contributed by atoms with van der Waals surface area (Å²) < 4.78 is 2.39. The van der Waals surface area contributed by atoms with Gasteiger partial charge >= 0.3 is 6.09 Å². The van der Waals surface area contributed by atoms with E-state index >= 15 is 0 Å². The lowest BCUT2D eigenvalue weighted by molar-refractivity contribution is -0.139. The summed E-state index contributed by atoms with van der Waals surface area (Å²) >= 11 is 3.42. The minimum Gasteiger partial charge on any atom is -0.465 e. The van der Waals surface area contributed by atoms with Gasteiger partial charge in [-0.15, -0.1) is 22.7 Å². The maximum absolute atomic E-state index is 14.4. The Hall–Kier alpha value is -5.31. The zero-order chi connectivity index (χ0) is 40.6. The second kappa shape index (κ2) is 16.7. The van der Waals surface area contributed by atoms with Gasteiger partial charge in [0.1, 0.15) is 23.7 Å². The highest BCUT2D eigenvalue weighted by atomic mass is 32.1. The van der Waals surface area contributed by atoms with Crippen LogP contribution in [0.25, 0.3) is 43.0 Å². The van der Waals surface area contributed by atoms with E-state index < -0.39 is 12.1 Å². The third-order valence-corrected chi connectivity index (χ3v) is 14.4. The maximum atomic E-state index is 14.4. The van der Waals surface area contributed by atoms with Crippen LogP contribution in [-0.2, 0) is 9.59 Å². The Labute approximate surface area is 351 Å². The lowest BCUT2D eigenvalue weighted by Crippen LogP contribution is -2.50. The number of carbonyl (C=O) groups excluding carboxylic acids is 2. The number of carboxylic acid groups (broad SMARTS) is 1. The first-order valence-corrected chi connectivity index (χ1v) is 22.6. The number of H-pyrrole nitrogens is 2. The predicted octanol–water partition coefficient (Wildman–Crippen LogP) is 9.26. The molecule has 7 heterocycles. The minimum absolute atomic E-state index is 0.0810. The van der Waals surface area contributed by atoms with E-state index in [-0.39, 0.29) is 35.9 Å². The molecule has 4 atom stereocenters. The number of likely N-dealkylation sites (tertiary alicyclic amines) is 3. The molecule has 0 aliphatic carbocycles. The van der Waals surface area contributed by atoms with Crippen molar-refractivity contribution in [2.45, 2.75) is 83.0 Å². The fraction of sp³-hybridized carbons (Fsp3) is 0.400. The summed E-state index contributed by atoms with van der Waals surface area (Å²) in [6.07, 6.45) is 9.45.